The zero-order valence-electron chi connectivity index (χ0n) is 21.5. The second-order valence-corrected chi connectivity index (χ2v) is 9.95. The minimum atomic E-state index is -0.548. The second kappa shape index (κ2) is 13.5. The van der Waals surface area contributed by atoms with Crippen molar-refractivity contribution in [3.05, 3.63) is 59.7 Å². The summed E-state index contributed by atoms with van der Waals surface area (Å²) in [7, 11) is 1.40. The molecule has 0 amide bonds. The molecule has 1 aromatic rings. The summed E-state index contributed by atoms with van der Waals surface area (Å²) in [6, 6.07) is 8.11. The number of aliphatic hydroxyl groups excluding tert-OH is 1. The van der Waals surface area contributed by atoms with Gasteiger partial charge in [0, 0.05) is 25.2 Å². The lowest BCUT2D eigenvalue weighted by molar-refractivity contribution is -0.149. The third-order valence-electron chi connectivity index (χ3n) is 6.84. The molecular formula is C29H42O5. The van der Waals surface area contributed by atoms with Gasteiger partial charge in [-0.2, -0.15) is 0 Å². The molecule has 0 radical (unpaired) electrons. The van der Waals surface area contributed by atoms with Crippen LogP contribution in [0.2, 0.25) is 0 Å². The Kier molecular flexibility index (Phi) is 11.0. The monoisotopic (exact) mass is 470 g/mol. The number of ether oxygens (including phenoxy) is 2. The first-order valence-corrected chi connectivity index (χ1v) is 12.6. The highest BCUT2D eigenvalue weighted by molar-refractivity contribution is 5.69. The van der Waals surface area contributed by atoms with Gasteiger partial charge in [-0.3, -0.25) is 9.59 Å². The molecule has 0 aliphatic heterocycles. The fourth-order valence-electron chi connectivity index (χ4n) is 4.67. The van der Waals surface area contributed by atoms with E-state index in [1.807, 2.05) is 24.3 Å². The van der Waals surface area contributed by atoms with E-state index in [4.69, 9.17) is 9.47 Å². The smallest absolute Gasteiger partial charge is 0.305 e. The SMILES string of the molecule is CCCCC(C)(C)C(O)C=CC1c2ccccc2[C@@H](OC(C)=O)[C@@H]1C/C=C\CCCC(=O)OC. The number of hydrogen-bond donors (Lipinski definition) is 1. The van der Waals surface area contributed by atoms with Crippen molar-refractivity contribution in [2.75, 3.05) is 7.11 Å². The normalized spacial score (nSPS) is 21.1. The van der Waals surface area contributed by atoms with E-state index in [0.717, 1.165) is 49.7 Å². The summed E-state index contributed by atoms with van der Waals surface area (Å²) in [6.07, 6.45) is 13.2. The van der Waals surface area contributed by atoms with Gasteiger partial charge in [0.05, 0.1) is 13.2 Å². The fourth-order valence-corrected chi connectivity index (χ4v) is 4.67. The maximum atomic E-state index is 11.9. The van der Waals surface area contributed by atoms with Crippen LogP contribution in [0.25, 0.3) is 0 Å². The first kappa shape index (κ1) is 27.8. The van der Waals surface area contributed by atoms with Gasteiger partial charge < -0.3 is 14.6 Å². The van der Waals surface area contributed by atoms with E-state index in [2.05, 4.69) is 45.1 Å². The molecule has 1 aliphatic carbocycles. The fraction of sp³-hybridized carbons (Fsp3) is 0.586. The molecule has 0 saturated carbocycles. The number of hydrogen-bond acceptors (Lipinski definition) is 5. The second-order valence-electron chi connectivity index (χ2n) is 9.95. The Hall–Kier alpha value is -2.40. The molecule has 5 nitrogen and oxygen atoms in total. The quantitative estimate of drug-likeness (QED) is 0.204. The molecule has 4 atom stereocenters. The number of benzene rings is 1. The maximum Gasteiger partial charge on any atom is 0.305 e. The largest absolute Gasteiger partial charge is 0.469 e. The average Bonchev–Trinajstić information content (AvgIpc) is 3.09. The minimum Gasteiger partial charge on any atom is -0.469 e. The van der Waals surface area contributed by atoms with Crippen molar-refractivity contribution in [3.63, 3.8) is 0 Å². The van der Waals surface area contributed by atoms with E-state index in [1.165, 1.54) is 14.0 Å². The number of allylic oxidation sites excluding steroid dienone is 3. The van der Waals surface area contributed by atoms with Crippen molar-refractivity contribution in [3.8, 4) is 0 Å². The molecule has 0 heterocycles. The molecule has 2 rings (SSSR count). The van der Waals surface area contributed by atoms with Crippen molar-refractivity contribution < 1.29 is 24.2 Å². The van der Waals surface area contributed by atoms with Gasteiger partial charge in [0.1, 0.15) is 6.10 Å². The van der Waals surface area contributed by atoms with Crippen molar-refractivity contribution in [1.82, 2.24) is 0 Å². The van der Waals surface area contributed by atoms with Crippen molar-refractivity contribution in [2.24, 2.45) is 11.3 Å². The average molecular weight is 471 g/mol. The molecule has 0 fully saturated rings. The zero-order chi connectivity index (χ0) is 25.1. The number of carbonyl (C=O) groups excluding carboxylic acids is 2. The van der Waals surface area contributed by atoms with Crippen molar-refractivity contribution in [1.29, 1.82) is 0 Å². The van der Waals surface area contributed by atoms with Gasteiger partial charge in [-0.05, 0) is 42.2 Å². The molecule has 34 heavy (non-hydrogen) atoms. The summed E-state index contributed by atoms with van der Waals surface area (Å²) in [5.41, 5.74) is 1.98. The summed E-state index contributed by atoms with van der Waals surface area (Å²) in [5.74, 6) is -0.408. The highest BCUT2D eigenvalue weighted by atomic mass is 16.5. The number of carbonyl (C=O) groups is 2. The molecule has 0 bridgehead atoms. The molecular weight excluding hydrogens is 428 g/mol. The van der Waals surface area contributed by atoms with Gasteiger partial charge in [0.25, 0.3) is 0 Å². The molecule has 0 spiro atoms. The Morgan fingerprint density at radius 3 is 2.50 bits per heavy atom. The highest BCUT2D eigenvalue weighted by Gasteiger charge is 2.41. The summed E-state index contributed by atoms with van der Waals surface area (Å²) < 4.78 is 10.5. The zero-order valence-corrected chi connectivity index (χ0v) is 21.5. The standard InChI is InChI=1S/C29H42O5/c1-6-7-20-29(3,4)26(31)19-18-23-22-14-12-13-16-24(22)28(34-21(2)30)25(23)15-10-8-9-11-17-27(32)33-5/h8,10,12-14,16,18-19,23,25-26,28,31H,6-7,9,11,15,17,20H2,1-5H3/b10-8-,19-18?/t23?,25-,26?,28-/m1/s1. The van der Waals surface area contributed by atoms with E-state index in [1.54, 1.807) is 0 Å². The Bertz CT molecular complexity index is 854. The predicted octanol–water partition coefficient (Wildman–Crippen LogP) is 6.43. The molecule has 0 aromatic heterocycles. The van der Waals surface area contributed by atoms with Crippen molar-refractivity contribution >= 4 is 11.9 Å². The van der Waals surface area contributed by atoms with Gasteiger partial charge in [-0.1, -0.05) is 82.2 Å². The van der Waals surface area contributed by atoms with Gasteiger partial charge in [0.2, 0.25) is 0 Å². The van der Waals surface area contributed by atoms with E-state index in [0.29, 0.717) is 6.42 Å². The van der Waals surface area contributed by atoms with Crippen LogP contribution in [-0.4, -0.2) is 30.3 Å². The molecule has 0 saturated heterocycles. The summed E-state index contributed by atoms with van der Waals surface area (Å²) in [6.45, 7) is 7.83. The number of rotatable bonds is 13. The Morgan fingerprint density at radius 1 is 1.15 bits per heavy atom. The minimum absolute atomic E-state index is 0.0388. The number of fused-ring (bicyclic) bond motifs is 1. The van der Waals surface area contributed by atoms with Crippen molar-refractivity contribution in [2.45, 2.75) is 90.8 Å². The lowest BCUT2D eigenvalue weighted by Crippen LogP contribution is -2.27. The highest BCUT2D eigenvalue weighted by Crippen LogP contribution is 2.50. The van der Waals surface area contributed by atoms with Gasteiger partial charge in [-0.15, -0.1) is 0 Å². The van der Waals surface area contributed by atoms with Crippen LogP contribution in [0.15, 0.2) is 48.6 Å². The lowest BCUT2D eigenvalue weighted by Gasteiger charge is -2.29. The molecule has 5 heteroatoms. The molecule has 1 N–H and O–H groups in total. The number of methoxy groups -OCH3 is 1. The summed E-state index contributed by atoms with van der Waals surface area (Å²) in [5, 5.41) is 10.9. The number of aliphatic hydroxyl groups is 1. The predicted molar refractivity (Wildman–Crippen MR) is 135 cm³/mol. The van der Waals surface area contributed by atoms with E-state index < -0.39 is 6.10 Å². The first-order valence-electron chi connectivity index (χ1n) is 12.6. The van der Waals surface area contributed by atoms with E-state index >= 15 is 0 Å². The molecule has 1 aliphatic rings. The maximum absolute atomic E-state index is 11.9. The third kappa shape index (κ3) is 7.83. The third-order valence-corrected chi connectivity index (χ3v) is 6.84. The lowest BCUT2D eigenvalue weighted by atomic mass is 9.80. The van der Waals surface area contributed by atoms with Crippen LogP contribution >= 0.6 is 0 Å². The van der Waals surface area contributed by atoms with Crippen LogP contribution in [0.1, 0.15) is 95.8 Å². The summed E-state index contributed by atoms with van der Waals surface area (Å²) in [4.78, 5) is 23.2. The first-order chi connectivity index (χ1) is 16.2. The van der Waals surface area contributed by atoms with Crippen LogP contribution < -0.4 is 0 Å². The Labute approximate surface area is 205 Å². The number of unbranched alkanes of at least 4 members (excludes halogenated alkanes) is 2. The Balaban J connectivity index is 2.21. The Morgan fingerprint density at radius 2 is 1.85 bits per heavy atom. The molecule has 188 valence electrons. The topological polar surface area (TPSA) is 72.8 Å². The van der Waals surface area contributed by atoms with Gasteiger partial charge in [-0.25, -0.2) is 0 Å². The van der Waals surface area contributed by atoms with Gasteiger partial charge in [0.15, 0.2) is 0 Å². The van der Waals surface area contributed by atoms with Gasteiger partial charge >= 0.3 is 11.9 Å². The molecule has 2 unspecified atom stereocenters. The van der Waals surface area contributed by atoms with Crippen LogP contribution in [0, 0.1) is 11.3 Å². The van der Waals surface area contributed by atoms with Crippen LogP contribution in [0.3, 0.4) is 0 Å². The van der Waals surface area contributed by atoms with E-state index in [-0.39, 0.29) is 35.3 Å². The molecule has 1 aromatic carbocycles. The van der Waals surface area contributed by atoms with E-state index in [9.17, 15) is 14.7 Å². The van der Waals surface area contributed by atoms with Crippen LogP contribution in [-0.2, 0) is 19.1 Å². The summed E-state index contributed by atoms with van der Waals surface area (Å²) >= 11 is 0. The van der Waals surface area contributed by atoms with Crippen LogP contribution in [0.4, 0.5) is 0 Å². The number of esters is 2. The van der Waals surface area contributed by atoms with Crippen LogP contribution in [0.5, 0.6) is 0 Å².